The number of carboxylic acid groups (broad SMARTS) is 1. The fourth-order valence-corrected chi connectivity index (χ4v) is 2.78. The highest BCUT2D eigenvalue weighted by Gasteiger charge is 2.35. The maximum atomic E-state index is 10.7. The van der Waals surface area contributed by atoms with E-state index in [1.807, 2.05) is 18.2 Å². The summed E-state index contributed by atoms with van der Waals surface area (Å²) in [4.78, 5) is 20.5. The van der Waals surface area contributed by atoms with E-state index in [0.29, 0.717) is 0 Å². The first-order valence-electron chi connectivity index (χ1n) is 7.94. The number of aliphatic hydroxyl groups is 1. The maximum absolute atomic E-state index is 10.7. The smallest absolute Gasteiger partial charge is 0.449 e. The van der Waals surface area contributed by atoms with E-state index >= 15 is 0 Å². The van der Waals surface area contributed by atoms with Crippen LogP contribution in [-0.4, -0.2) is 52.0 Å². The fraction of sp³-hybridized carbons (Fsp3) is 0.556. The molecule has 1 radical (unpaired) electrons. The van der Waals surface area contributed by atoms with Crippen LogP contribution in [-0.2, 0) is 16.0 Å². The van der Waals surface area contributed by atoms with Gasteiger partial charge in [0.1, 0.15) is 0 Å². The third-order valence-corrected chi connectivity index (χ3v) is 4.15. The van der Waals surface area contributed by atoms with Crippen LogP contribution in [0.1, 0.15) is 39.2 Å². The molecule has 1 heterocycles. The summed E-state index contributed by atoms with van der Waals surface area (Å²) in [5, 5.41) is 18.1. The number of likely N-dealkylation sites (tertiary alicyclic amines) is 1. The van der Waals surface area contributed by atoms with Gasteiger partial charge in [-0.15, -0.1) is 0 Å². The summed E-state index contributed by atoms with van der Waals surface area (Å²) in [5.41, 5.74) is 0.946. The summed E-state index contributed by atoms with van der Waals surface area (Å²) >= 11 is 0. The predicted molar refractivity (Wildman–Crippen MR) is 90.5 cm³/mol. The molecule has 0 amide bonds. The Hall–Kier alpha value is -1.92. The Morgan fingerprint density at radius 1 is 1.25 bits per heavy atom. The molecule has 1 aliphatic rings. The van der Waals surface area contributed by atoms with E-state index < -0.39 is 11.8 Å². The molecule has 0 aromatic heterocycles. The van der Waals surface area contributed by atoms with E-state index in [1.165, 1.54) is 5.56 Å². The lowest BCUT2D eigenvalue weighted by Crippen LogP contribution is -2.52. The Morgan fingerprint density at radius 3 is 2.17 bits per heavy atom. The molecule has 2 N–H and O–H groups in total. The van der Waals surface area contributed by atoms with Gasteiger partial charge in [-0.1, -0.05) is 30.3 Å². The summed E-state index contributed by atoms with van der Waals surface area (Å²) in [6.45, 7) is 9.44. The molecular weight excluding hydrogens is 310 g/mol. The van der Waals surface area contributed by atoms with Crippen molar-refractivity contribution in [3.63, 3.8) is 0 Å². The van der Waals surface area contributed by atoms with Crippen LogP contribution in [0.4, 0.5) is 4.79 Å². The topological polar surface area (TPSA) is 87.1 Å². The molecule has 0 atom stereocenters. The van der Waals surface area contributed by atoms with Crippen molar-refractivity contribution >= 4 is 12.6 Å². The van der Waals surface area contributed by atoms with Crippen molar-refractivity contribution in [2.45, 2.75) is 51.2 Å². The van der Waals surface area contributed by atoms with E-state index in [9.17, 15) is 5.11 Å². The van der Waals surface area contributed by atoms with Gasteiger partial charge >= 0.3 is 12.6 Å². The minimum Gasteiger partial charge on any atom is -0.449 e. The molecular formula is C18H26NO5. The number of piperidine rings is 1. The molecule has 6 heteroatoms. The van der Waals surface area contributed by atoms with Crippen molar-refractivity contribution in [3.05, 3.63) is 35.9 Å². The quantitative estimate of drug-likeness (QED) is 0.652. The first-order valence-corrected chi connectivity index (χ1v) is 7.94. The van der Waals surface area contributed by atoms with Crippen molar-refractivity contribution in [1.82, 2.24) is 4.90 Å². The molecule has 0 bridgehead atoms. The zero-order chi connectivity index (χ0) is 18.2. The summed E-state index contributed by atoms with van der Waals surface area (Å²) in [6.07, 6.45) is 0.898. The Labute approximate surface area is 143 Å². The number of rotatable bonds is 3. The minimum atomic E-state index is -1.63. The van der Waals surface area contributed by atoms with Crippen LogP contribution in [0.3, 0.4) is 0 Å². The van der Waals surface area contributed by atoms with Gasteiger partial charge in [-0.2, -0.15) is 0 Å². The first-order chi connectivity index (χ1) is 11.2. The van der Waals surface area contributed by atoms with Crippen LogP contribution < -0.4 is 0 Å². The molecule has 2 rings (SSSR count). The van der Waals surface area contributed by atoms with Gasteiger partial charge in [-0.05, 0) is 39.2 Å². The average molecular weight is 336 g/mol. The lowest BCUT2D eigenvalue weighted by molar-refractivity contribution is -0.0410. The van der Waals surface area contributed by atoms with E-state index in [1.54, 1.807) is 0 Å². The van der Waals surface area contributed by atoms with Gasteiger partial charge in [-0.25, -0.2) is 9.59 Å². The zero-order valence-electron chi connectivity index (χ0n) is 14.5. The van der Waals surface area contributed by atoms with Crippen LogP contribution in [0.15, 0.2) is 30.3 Å². The number of nitrogens with zero attached hydrogens (tertiary/aromatic N) is 1. The Balaban J connectivity index is 0.000000413. The fourth-order valence-electron chi connectivity index (χ4n) is 2.78. The Kier molecular flexibility index (Phi) is 7.38. The van der Waals surface area contributed by atoms with Crippen molar-refractivity contribution in [2.75, 3.05) is 13.1 Å². The minimum absolute atomic E-state index is 0.216. The molecule has 0 spiro atoms. The van der Waals surface area contributed by atoms with Gasteiger partial charge < -0.3 is 14.9 Å². The van der Waals surface area contributed by atoms with E-state index in [-0.39, 0.29) is 5.54 Å². The predicted octanol–water partition coefficient (Wildman–Crippen LogP) is 2.60. The van der Waals surface area contributed by atoms with Crippen molar-refractivity contribution in [2.24, 2.45) is 0 Å². The number of carbonyl (C=O) groups is 1. The molecule has 1 aliphatic heterocycles. The second-order valence-electron chi connectivity index (χ2n) is 7.00. The van der Waals surface area contributed by atoms with E-state index in [4.69, 9.17) is 14.7 Å². The van der Waals surface area contributed by atoms with Crippen LogP contribution >= 0.6 is 0 Å². The third-order valence-electron chi connectivity index (χ3n) is 4.15. The molecule has 0 unspecified atom stereocenters. The average Bonchev–Trinajstić information content (AvgIpc) is 2.48. The Bertz CT molecular complexity index is 516. The van der Waals surface area contributed by atoms with Gasteiger partial charge in [-0.3, -0.25) is 4.90 Å². The molecule has 24 heavy (non-hydrogen) atoms. The Morgan fingerprint density at radius 2 is 1.79 bits per heavy atom. The summed E-state index contributed by atoms with van der Waals surface area (Å²) in [6, 6.07) is 10.3. The maximum Gasteiger partial charge on any atom is 0.514 e. The first kappa shape index (κ1) is 20.1. The summed E-state index contributed by atoms with van der Waals surface area (Å²) in [7, 11) is 0. The second kappa shape index (κ2) is 8.80. The van der Waals surface area contributed by atoms with Gasteiger partial charge in [0.15, 0.2) is 0 Å². The number of carbonyl (C=O) groups excluding carboxylic acids is 1. The molecule has 0 aliphatic carbocycles. The standard InChI is InChI=1S/C16H25NO.C2HO4/c1-15(2,3)17-11-9-16(18,10-12-17)13-14-7-5-4-6-8-14;3-1-6-2(4)5/h4-8,18H,9-13H2,1-3H3;(H,4,5). The molecule has 6 nitrogen and oxygen atoms in total. The molecule has 1 saturated heterocycles. The highest BCUT2D eigenvalue weighted by Crippen LogP contribution is 2.29. The number of hydrogen-bond acceptors (Lipinski definition) is 5. The van der Waals surface area contributed by atoms with Crippen LogP contribution in [0.5, 0.6) is 0 Å². The summed E-state index contributed by atoms with van der Waals surface area (Å²) in [5.74, 6) is 0. The number of ether oxygens (including phenoxy) is 1. The molecule has 1 aromatic rings. The largest absolute Gasteiger partial charge is 0.514 e. The van der Waals surface area contributed by atoms with Crippen LogP contribution in [0.2, 0.25) is 0 Å². The van der Waals surface area contributed by atoms with Crippen LogP contribution in [0, 0.1) is 0 Å². The lowest BCUT2D eigenvalue weighted by Gasteiger charge is -2.44. The highest BCUT2D eigenvalue weighted by molar-refractivity contribution is 5.67. The van der Waals surface area contributed by atoms with E-state index in [2.05, 4.69) is 42.5 Å². The van der Waals surface area contributed by atoms with Gasteiger partial charge in [0.2, 0.25) is 0 Å². The molecule has 133 valence electrons. The highest BCUT2D eigenvalue weighted by atomic mass is 16.7. The molecule has 1 fully saturated rings. The van der Waals surface area contributed by atoms with Gasteiger partial charge in [0.05, 0.1) is 5.60 Å². The van der Waals surface area contributed by atoms with E-state index in [0.717, 1.165) is 38.8 Å². The monoisotopic (exact) mass is 336 g/mol. The lowest BCUT2D eigenvalue weighted by atomic mass is 9.84. The van der Waals surface area contributed by atoms with Gasteiger partial charge in [0.25, 0.3) is 0 Å². The van der Waals surface area contributed by atoms with Crippen LogP contribution in [0.25, 0.3) is 0 Å². The normalized spacial score (nSPS) is 17.3. The molecule has 1 aromatic carbocycles. The van der Waals surface area contributed by atoms with Crippen molar-refractivity contribution in [1.29, 1.82) is 0 Å². The SMILES string of the molecule is CC(C)(C)N1CCC(O)(Cc2ccccc2)CC1.O=[C]OC(=O)O. The zero-order valence-corrected chi connectivity index (χ0v) is 14.5. The third kappa shape index (κ3) is 7.10. The molecule has 0 saturated carbocycles. The number of hydrogen-bond donors (Lipinski definition) is 2. The second-order valence-corrected chi connectivity index (χ2v) is 7.00. The number of benzene rings is 1. The van der Waals surface area contributed by atoms with Crippen molar-refractivity contribution in [3.8, 4) is 0 Å². The van der Waals surface area contributed by atoms with Gasteiger partial charge in [0, 0.05) is 25.0 Å². The van der Waals surface area contributed by atoms with Crippen molar-refractivity contribution < 1.29 is 24.5 Å². The summed E-state index contributed by atoms with van der Waals surface area (Å²) < 4.78 is 3.15.